The van der Waals surface area contributed by atoms with E-state index in [1.165, 1.54) is 5.69 Å². The summed E-state index contributed by atoms with van der Waals surface area (Å²) < 4.78 is 16.1. The van der Waals surface area contributed by atoms with Gasteiger partial charge in [0.05, 0.1) is 0 Å². The molecule has 0 saturated carbocycles. The highest BCUT2D eigenvalue weighted by molar-refractivity contribution is 6.60. The first-order chi connectivity index (χ1) is 7.76. The fraction of sp³-hybridized carbons (Fsp3) is 0.636. The number of rotatable bonds is 8. The summed E-state index contributed by atoms with van der Waals surface area (Å²) in [4.78, 5) is 3.19. The summed E-state index contributed by atoms with van der Waals surface area (Å²) in [6.07, 6.45) is 5.19. The van der Waals surface area contributed by atoms with Crippen LogP contribution >= 0.6 is 0 Å². The lowest BCUT2D eigenvalue weighted by atomic mass is 10.2. The summed E-state index contributed by atoms with van der Waals surface area (Å²) >= 11 is 0. The molecule has 5 heteroatoms. The fourth-order valence-corrected chi connectivity index (χ4v) is 3.53. The van der Waals surface area contributed by atoms with Gasteiger partial charge in [0.2, 0.25) is 0 Å². The van der Waals surface area contributed by atoms with E-state index in [2.05, 4.69) is 11.1 Å². The molecule has 4 nitrogen and oxygen atoms in total. The van der Waals surface area contributed by atoms with Crippen LogP contribution in [0.25, 0.3) is 0 Å². The molecule has 0 atom stereocenters. The summed E-state index contributed by atoms with van der Waals surface area (Å²) in [5.74, 6) is 0. The number of hydrogen-bond acceptors (Lipinski definition) is 3. The molecule has 1 rings (SSSR count). The van der Waals surface area contributed by atoms with Crippen molar-refractivity contribution in [1.29, 1.82) is 0 Å². The Labute approximate surface area is 98.3 Å². The standard InChI is InChI=1S/C11H21NO3Si/c1-13-16(14-2,15-3)10-5-4-7-11-8-6-9-12-11/h6,8-9,12H,4-5,7,10H2,1-3H3. The minimum Gasteiger partial charge on any atom is -0.377 e. The van der Waals surface area contributed by atoms with Crippen molar-refractivity contribution in [2.45, 2.75) is 25.3 Å². The molecule has 0 fully saturated rings. The Morgan fingerprint density at radius 1 is 1.12 bits per heavy atom. The van der Waals surface area contributed by atoms with Gasteiger partial charge in [-0.2, -0.15) is 0 Å². The molecule has 0 radical (unpaired) electrons. The van der Waals surface area contributed by atoms with Crippen LogP contribution in [0.4, 0.5) is 0 Å². The molecule has 1 aromatic heterocycles. The van der Waals surface area contributed by atoms with Crippen LogP contribution in [0.2, 0.25) is 6.04 Å². The molecule has 1 heterocycles. The van der Waals surface area contributed by atoms with Gasteiger partial charge in [0.1, 0.15) is 0 Å². The highest BCUT2D eigenvalue weighted by Gasteiger charge is 2.36. The van der Waals surface area contributed by atoms with Crippen molar-refractivity contribution in [3.63, 3.8) is 0 Å². The van der Waals surface area contributed by atoms with Crippen molar-refractivity contribution in [3.8, 4) is 0 Å². The first-order valence-corrected chi connectivity index (χ1v) is 7.47. The van der Waals surface area contributed by atoms with E-state index in [4.69, 9.17) is 13.3 Å². The third-order valence-electron chi connectivity index (χ3n) is 2.77. The Hall–Kier alpha value is -0.623. The topological polar surface area (TPSA) is 43.5 Å². The maximum atomic E-state index is 5.36. The molecule has 0 saturated heterocycles. The third kappa shape index (κ3) is 3.75. The average molecular weight is 243 g/mol. The zero-order valence-corrected chi connectivity index (χ0v) is 11.3. The summed E-state index contributed by atoms with van der Waals surface area (Å²) in [5.41, 5.74) is 1.28. The van der Waals surface area contributed by atoms with Crippen LogP contribution in [0.1, 0.15) is 18.5 Å². The lowest BCUT2D eigenvalue weighted by molar-refractivity contribution is 0.123. The van der Waals surface area contributed by atoms with Gasteiger partial charge in [-0.3, -0.25) is 0 Å². The van der Waals surface area contributed by atoms with Crippen molar-refractivity contribution in [1.82, 2.24) is 4.98 Å². The number of aromatic nitrogens is 1. The number of aryl methyl sites for hydroxylation is 1. The lowest BCUT2D eigenvalue weighted by Gasteiger charge is -2.24. The minimum atomic E-state index is -2.35. The molecule has 1 aromatic rings. The van der Waals surface area contributed by atoms with E-state index >= 15 is 0 Å². The predicted octanol–water partition coefficient (Wildman–Crippen LogP) is 2.22. The van der Waals surface area contributed by atoms with Crippen LogP contribution in [-0.2, 0) is 19.7 Å². The van der Waals surface area contributed by atoms with Crippen molar-refractivity contribution >= 4 is 8.80 Å². The van der Waals surface area contributed by atoms with E-state index in [1.54, 1.807) is 21.3 Å². The minimum absolute atomic E-state index is 0.872. The maximum Gasteiger partial charge on any atom is 0.500 e. The largest absolute Gasteiger partial charge is 0.500 e. The van der Waals surface area contributed by atoms with Gasteiger partial charge in [0.15, 0.2) is 0 Å². The van der Waals surface area contributed by atoms with Crippen LogP contribution in [0.3, 0.4) is 0 Å². The van der Waals surface area contributed by atoms with Gasteiger partial charge < -0.3 is 18.3 Å². The molecule has 16 heavy (non-hydrogen) atoms. The van der Waals surface area contributed by atoms with Crippen LogP contribution in [0.15, 0.2) is 18.3 Å². The molecule has 0 amide bonds. The Bertz CT molecular complexity index is 265. The molecule has 0 aliphatic carbocycles. The van der Waals surface area contributed by atoms with E-state index in [-0.39, 0.29) is 0 Å². The first-order valence-electron chi connectivity index (χ1n) is 5.54. The number of aromatic amines is 1. The number of unbranched alkanes of at least 4 members (excludes halogenated alkanes) is 1. The van der Waals surface area contributed by atoms with Crippen molar-refractivity contribution in [3.05, 3.63) is 24.0 Å². The summed E-state index contributed by atoms with van der Waals surface area (Å²) in [7, 11) is 2.62. The van der Waals surface area contributed by atoms with Crippen molar-refractivity contribution < 1.29 is 13.3 Å². The Morgan fingerprint density at radius 3 is 2.31 bits per heavy atom. The van der Waals surface area contributed by atoms with Gasteiger partial charge in [-0.05, 0) is 31.4 Å². The van der Waals surface area contributed by atoms with Gasteiger partial charge in [-0.1, -0.05) is 0 Å². The molecule has 0 bridgehead atoms. The highest BCUT2D eigenvalue weighted by atomic mass is 28.4. The van der Waals surface area contributed by atoms with Gasteiger partial charge in [0.25, 0.3) is 0 Å². The van der Waals surface area contributed by atoms with E-state index in [1.807, 2.05) is 12.3 Å². The Morgan fingerprint density at radius 2 is 1.81 bits per heavy atom. The Balaban J connectivity index is 2.23. The fourth-order valence-electron chi connectivity index (χ4n) is 1.74. The highest BCUT2D eigenvalue weighted by Crippen LogP contribution is 2.17. The molecular weight excluding hydrogens is 222 g/mol. The first kappa shape index (κ1) is 13.4. The molecular formula is C11H21NO3Si. The van der Waals surface area contributed by atoms with Gasteiger partial charge in [0, 0.05) is 39.3 Å². The normalized spacial score (nSPS) is 11.9. The average Bonchev–Trinajstić information content (AvgIpc) is 2.83. The monoisotopic (exact) mass is 243 g/mol. The number of nitrogens with one attached hydrogen (secondary N) is 1. The second kappa shape index (κ2) is 6.85. The lowest BCUT2D eigenvalue weighted by Crippen LogP contribution is -2.42. The smallest absolute Gasteiger partial charge is 0.377 e. The maximum absolute atomic E-state index is 5.36. The second-order valence-corrected chi connectivity index (χ2v) is 6.79. The SMILES string of the molecule is CO[Si](CCCCc1ccc[nH]1)(OC)OC. The van der Waals surface area contributed by atoms with E-state index < -0.39 is 8.80 Å². The van der Waals surface area contributed by atoms with Gasteiger partial charge in [-0.15, -0.1) is 0 Å². The van der Waals surface area contributed by atoms with Crippen molar-refractivity contribution in [2.75, 3.05) is 21.3 Å². The van der Waals surface area contributed by atoms with Crippen LogP contribution < -0.4 is 0 Å². The third-order valence-corrected chi connectivity index (χ3v) is 5.61. The van der Waals surface area contributed by atoms with Crippen molar-refractivity contribution in [2.24, 2.45) is 0 Å². The summed E-state index contributed by atoms with van der Waals surface area (Å²) in [5, 5.41) is 0. The van der Waals surface area contributed by atoms with Gasteiger partial charge in [-0.25, -0.2) is 0 Å². The summed E-state index contributed by atoms with van der Waals surface area (Å²) in [6.45, 7) is 0. The van der Waals surface area contributed by atoms with Crippen LogP contribution in [0, 0.1) is 0 Å². The Kier molecular flexibility index (Phi) is 5.76. The van der Waals surface area contributed by atoms with E-state index in [9.17, 15) is 0 Å². The molecule has 0 unspecified atom stereocenters. The van der Waals surface area contributed by atoms with E-state index in [0.717, 1.165) is 25.3 Å². The molecule has 92 valence electrons. The molecule has 0 aliphatic heterocycles. The van der Waals surface area contributed by atoms with Gasteiger partial charge >= 0.3 is 8.80 Å². The van der Waals surface area contributed by atoms with Crippen LogP contribution in [-0.4, -0.2) is 35.1 Å². The zero-order chi connectivity index (χ0) is 11.9. The number of H-pyrrole nitrogens is 1. The van der Waals surface area contributed by atoms with E-state index in [0.29, 0.717) is 0 Å². The van der Waals surface area contributed by atoms with Crippen LogP contribution in [0.5, 0.6) is 0 Å². The summed E-state index contributed by atoms with van der Waals surface area (Å²) in [6, 6.07) is 5.00. The second-order valence-electron chi connectivity index (χ2n) is 3.70. The molecule has 0 aromatic carbocycles. The quantitative estimate of drug-likeness (QED) is 0.562. The number of hydrogen-bond donors (Lipinski definition) is 1. The molecule has 0 spiro atoms. The molecule has 1 N–H and O–H groups in total. The molecule has 0 aliphatic rings. The zero-order valence-electron chi connectivity index (χ0n) is 10.3. The predicted molar refractivity (Wildman–Crippen MR) is 65.3 cm³/mol.